The number of esters is 1. The number of anilines is 1. The van der Waals surface area contributed by atoms with Crippen molar-refractivity contribution in [1.82, 2.24) is 0 Å². The Hall–Kier alpha value is -3.22. The predicted molar refractivity (Wildman–Crippen MR) is 101 cm³/mol. The third kappa shape index (κ3) is 5.64. The maximum atomic E-state index is 12.2. The molecule has 7 heteroatoms. The van der Waals surface area contributed by atoms with Gasteiger partial charge in [-0.05, 0) is 44.2 Å². The van der Waals surface area contributed by atoms with Crippen LogP contribution in [0.2, 0.25) is 0 Å². The van der Waals surface area contributed by atoms with Crippen molar-refractivity contribution in [2.24, 2.45) is 0 Å². The van der Waals surface area contributed by atoms with Crippen LogP contribution in [0.3, 0.4) is 0 Å². The first-order valence-electron chi connectivity index (χ1n) is 8.58. The first-order valence-corrected chi connectivity index (χ1v) is 8.58. The quantitative estimate of drug-likeness (QED) is 0.679. The number of carbonyl (C=O) groups is 2. The van der Waals surface area contributed by atoms with E-state index in [1.807, 2.05) is 13.8 Å². The Kier molecular flexibility index (Phi) is 7.49. The minimum Gasteiger partial charge on any atom is -0.493 e. The number of amides is 1. The molecule has 0 atom stereocenters. The van der Waals surface area contributed by atoms with Gasteiger partial charge in [0, 0.05) is 0 Å². The molecule has 0 radical (unpaired) electrons. The summed E-state index contributed by atoms with van der Waals surface area (Å²) in [6, 6.07) is 11.7. The van der Waals surface area contributed by atoms with E-state index in [-0.39, 0.29) is 5.56 Å². The van der Waals surface area contributed by atoms with E-state index in [0.29, 0.717) is 36.1 Å². The van der Waals surface area contributed by atoms with Gasteiger partial charge in [-0.2, -0.15) is 0 Å². The summed E-state index contributed by atoms with van der Waals surface area (Å²) >= 11 is 0. The molecule has 27 heavy (non-hydrogen) atoms. The van der Waals surface area contributed by atoms with Gasteiger partial charge in [0.15, 0.2) is 18.1 Å². The maximum absolute atomic E-state index is 12.2. The monoisotopic (exact) mass is 373 g/mol. The summed E-state index contributed by atoms with van der Waals surface area (Å²) in [5, 5.41) is 2.67. The van der Waals surface area contributed by atoms with Crippen LogP contribution in [0.25, 0.3) is 0 Å². The SMILES string of the molecule is CCOc1ccccc1NC(=O)COC(=O)c1ccc(OC)c(OCC)c1. The fraction of sp³-hybridized carbons (Fsp3) is 0.300. The van der Waals surface area contributed by atoms with E-state index in [4.69, 9.17) is 18.9 Å². The fourth-order valence-electron chi connectivity index (χ4n) is 2.32. The molecule has 0 saturated carbocycles. The van der Waals surface area contributed by atoms with Crippen LogP contribution in [0, 0.1) is 0 Å². The molecule has 0 unspecified atom stereocenters. The maximum Gasteiger partial charge on any atom is 0.338 e. The summed E-state index contributed by atoms with van der Waals surface area (Å²) in [5.41, 5.74) is 0.783. The molecular weight excluding hydrogens is 350 g/mol. The van der Waals surface area contributed by atoms with E-state index < -0.39 is 18.5 Å². The number of para-hydroxylation sites is 2. The lowest BCUT2D eigenvalue weighted by atomic mass is 10.2. The van der Waals surface area contributed by atoms with Gasteiger partial charge < -0.3 is 24.3 Å². The Morgan fingerprint density at radius 1 is 0.926 bits per heavy atom. The van der Waals surface area contributed by atoms with Gasteiger partial charge in [-0.25, -0.2) is 4.79 Å². The van der Waals surface area contributed by atoms with Gasteiger partial charge in [0.2, 0.25) is 0 Å². The number of ether oxygens (including phenoxy) is 4. The molecule has 0 spiro atoms. The molecule has 0 fully saturated rings. The summed E-state index contributed by atoms with van der Waals surface area (Å²) in [6.45, 7) is 4.16. The summed E-state index contributed by atoms with van der Waals surface area (Å²) in [5.74, 6) is 0.403. The first kappa shape index (κ1) is 20.1. The lowest BCUT2D eigenvalue weighted by Crippen LogP contribution is -2.21. The van der Waals surface area contributed by atoms with Crippen molar-refractivity contribution in [2.75, 3.05) is 32.2 Å². The van der Waals surface area contributed by atoms with Crippen molar-refractivity contribution in [2.45, 2.75) is 13.8 Å². The number of methoxy groups -OCH3 is 1. The van der Waals surface area contributed by atoms with Gasteiger partial charge in [0.1, 0.15) is 5.75 Å². The Balaban J connectivity index is 1.97. The lowest BCUT2D eigenvalue weighted by Gasteiger charge is -2.12. The van der Waals surface area contributed by atoms with Crippen LogP contribution in [0.4, 0.5) is 5.69 Å². The molecule has 7 nitrogen and oxygen atoms in total. The molecule has 1 N–H and O–H groups in total. The second-order valence-electron chi connectivity index (χ2n) is 5.35. The molecule has 0 saturated heterocycles. The van der Waals surface area contributed by atoms with E-state index in [0.717, 1.165) is 0 Å². The third-order valence-corrected chi connectivity index (χ3v) is 3.49. The van der Waals surface area contributed by atoms with E-state index in [1.54, 1.807) is 36.4 Å². The van der Waals surface area contributed by atoms with Crippen LogP contribution < -0.4 is 19.5 Å². The van der Waals surface area contributed by atoms with Gasteiger partial charge in [0.05, 0.1) is 31.6 Å². The standard InChI is InChI=1S/C20H23NO6/c1-4-25-16-9-7-6-8-15(16)21-19(22)13-27-20(23)14-10-11-17(24-3)18(12-14)26-5-2/h6-12H,4-5,13H2,1-3H3,(H,21,22). The molecule has 1 amide bonds. The molecular formula is C20H23NO6. The molecule has 2 aromatic carbocycles. The van der Waals surface area contributed by atoms with Crippen molar-refractivity contribution >= 4 is 17.6 Å². The minimum atomic E-state index is -0.633. The van der Waals surface area contributed by atoms with Gasteiger partial charge in [-0.3, -0.25) is 4.79 Å². The smallest absolute Gasteiger partial charge is 0.338 e. The summed E-state index contributed by atoms with van der Waals surface area (Å²) in [6.07, 6.45) is 0. The average Bonchev–Trinajstić information content (AvgIpc) is 2.68. The molecule has 144 valence electrons. The van der Waals surface area contributed by atoms with Crippen LogP contribution in [-0.4, -0.2) is 38.8 Å². The highest BCUT2D eigenvalue weighted by Crippen LogP contribution is 2.28. The van der Waals surface area contributed by atoms with E-state index in [2.05, 4.69) is 5.32 Å². The lowest BCUT2D eigenvalue weighted by molar-refractivity contribution is -0.119. The molecule has 0 aliphatic carbocycles. The minimum absolute atomic E-state index is 0.266. The van der Waals surface area contributed by atoms with Crippen molar-refractivity contribution in [3.05, 3.63) is 48.0 Å². The van der Waals surface area contributed by atoms with Gasteiger partial charge in [-0.1, -0.05) is 12.1 Å². The molecule has 0 aromatic heterocycles. The Morgan fingerprint density at radius 2 is 1.63 bits per heavy atom. The highest BCUT2D eigenvalue weighted by molar-refractivity contribution is 5.96. The normalized spacial score (nSPS) is 10.0. The highest BCUT2D eigenvalue weighted by atomic mass is 16.5. The highest BCUT2D eigenvalue weighted by Gasteiger charge is 2.15. The van der Waals surface area contributed by atoms with E-state index in [9.17, 15) is 9.59 Å². The van der Waals surface area contributed by atoms with Crippen molar-refractivity contribution in [1.29, 1.82) is 0 Å². The number of nitrogens with one attached hydrogen (secondary N) is 1. The fourth-order valence-corrected chi connectivity index (χ4v) is 2.32. The summed E-state index contributed by atoms with van der Waals surface area (Å²) in [7, 11) is 1.51. The molecule has 2 aromatic rings. The molecule has 0 aliphatic rings. The van der Waals surface area contributed by atoms with Crippen molar-refractivity contribution in [3.63, 3.8) is 0 Å². The van der Waals surface area contributed by atoms with Gasteiger partial charge in [0.25, 0.3) is 5.91 Å². The molecule has 2 rings (SSSR count). The number of benzene rings is 2. The number of hydrogen-bond acceptors (Lipinski definition) is 6. The summed E-state index contributed by atoms with van der Waals surface area (Å²) < 4.78 is 21.1. The number of carbonyl (C=O) groups excluding carboxylic acids is 2. The average molecular weight is 373 g/mol. The van der Waals surface area contributed by atoms with Gasteiger partial charge >= 0.3 is 5.97 Å². The molecule has 0 heterocycles. The van der Waals surface area contributed by atoms with E-state index >= 15 is 0 Å². The Morgan fingerprint density at radius 3 is 2.33 bits per heavy atom. The third-order valence-electron chi connectivity index (χ3n) is 3.49. The van der Waals surface area contributed by atoms with Crippen LogP contribution in [0.15, 0.2) is 42.5 Å². The predicted octanol–water partition coefficient (Wildman–Crippen LogP) is 3.29. The van der Waals surface area contributed by atoms with Crippen LogP contribution >= 0.6 is 0 Å². The second kappa shape index (κ2) is 10.1. The van der Waals surface area contributed by atoms with Crippen LogP contribution in [-0.2, 0) is 9.53 Å². The number of rotatable bonds is 9. The van der Waals surface area contributed by atoms with Crippen LogP contribution in [0.5, 0.6) is 17.2 Å². The van der Waals surface area contributed by atoms with Crippen LogP contribution in [0.1, 0.15) is 24.2 Å². The Bertz CT molecular complexity index is 790. The second-order valence-corrected chi connectivity index (χ2v) is 5.35. The zero-order chi connectivity index (χ0) is 19.6. The van der Waals surface area contributed by atoms with Crippen molar-refractivity contribution < 1.29 is 28.5 Å². The number of hydrogen-bond donors (Lipinski definition) is 1. The topological polar surface area (TPSA) is 83.1 Å². The molecule has 0 bridgehead atoms. The zero-order valence-corrected chi connectivity index (χ0v) is 15.6. The Labute approximate surface area is 158 Å². The zero-order valence-electron chi connectivity index (χ0n) is 15.6. The summed E-state index contributed by atoms with van der Waals surface area (Å²) in [4.78, 5) is 24.3. The van der Waals surface area contributed by atoms with E-state index in [1.165, 1.54) is 13.2 Å². The van der Waals surface area contributed by atoms with Crippen molar-refractivity contribution in [3.8, 4) is 17.2 Å². The largest absolute Gasteiger partial charge is 0.493 e. The molecule has 0 aliphatic heterocycles. The van der Waals surface area contributed by atoms with Gasteiger partial charge in [-0.15, -0.1) is 0 Å². The first-order chi connectivity index (χ1) is 13.1.